The molecule has 156 valence electrons. The number of hydrogen-bond acceptors (Lipinski definition) is 6. The smallest absolute Gasteiger partial charge is 0.232 e. The first-order valence-corrected chi connectivity index (χ1v) is 10.1. The van der Waals surface area contributed by atoms with Gasteiger partial charge < -0.3 is 18.9 Å². The maximum absolute atomic E-state index is 12.7. The van der Waals surface area contributed by atoms with Crippen molar-refractivity contribution >= 4 is 5.91 Å². The number of likely N-dealkylation sites (tertiary alicyclic amines) is 1. The van der Waals surface area contributed by atoms with Crippen molar-refractivity contribution in [3.63, 3.8) is 0 Å². The van der Waals surface area contributed by atoms with Crippen LogP contribution in [0.2, 0.25) is 0 Å². The highest BCUT2D eigenvalue weighted by molar-refractivity contribution is 5.80. The number of benzene rings is 2. The monoisotopic (exact) mass is 407 g/mol. The summed E-state index contributed by atoms with van der Waals surface area (Å²) in [4.78, 5) is 19.1. The van der Waals surface area contributed by atoms with Crippen LogP contribution in [0.5, 0.6) is 11.5 Å². The van der Waals surface area contributed by atoms with Crippen LogP contribution in [0.3, 0.4) is 0 Å². The molecule has 0 saturated carbocycles. The maximum atomic E-state index is 12.7. The van der Waals surface area contributed by atoms with Crippen LogP contribution in [0.25, 0.3) is 11.4 Å². The molecule has 1 aliphatic rings. The lowest BCUT2D eigenvalue weighted by molar-refractivity contribution is -0.129. The third-order valence-electron chi connectivity index (χ3n) is 5.42. The second-order valence-corrected chi connectivity index (χ2v) is 7.31. The second kappa shape index (κ2) is 8.57. The molecule has 0 spiro atoms. The van der Waals surface area contributed by atoms with Crippen LogP contribution < -0.4 is 9.47 Å². The molecule has 1 aliphatic heterocycles. The van der Waals surface area contributed by atoms with E-state index in [1.807, 2.05) is 67.3 Å². The molecule has 2 unspecified atom stereocenters. The van der Waals surface area contributed by atoms with E-state index in [2.05, 4.69) is 10.1 Å². The van der Waals surface area contributed by atoms with Gasteiger partial charge in [-0.25, -0.2) is 0 Å². The molecule has 0 radical (unpaired) electrons. The summed E-state index contributed by atoms with van der Waals surface area (Å²) in [5.41, 5.74) is 1.88. The van der Waals surface area contributed by atoms with Crippen molar-refractivity contribution in [3.05, 3.63) is 60.0 Å². The van der Waals surface area contributed by atoms with Gasteiger partial charge in [-0.05, 0) is 43.7 Å². The van der Waals surface area contributed by atoms with Crippen molar-refractivity contribution in [1.29, 1.82) is 0 Å². The van der Waals surface area contributed by atoms with E-state index in [4.69, 9.17) is 14.0 Å². The van der Waals surface area contributed by atoms with Crippen molar-refractivity contribution in [3.8, 4) is 22.9 Å². The Labute approximate surface area is 175 Å². The number of carbonyl (C=O) groups excluding carboxylic acids is 1. The normalized spacial score (nSPS) is 17.2. The van der Waals surface area contributed by atoms with E-state index in [0.717, 1.165) is 22.6 Å². The molecule has 7 nitrogen and oxygen atoms in total. The number of amides is 1. The predicted molar refractivity (Wildman–Crippen MR) is 111 cm³/mol. The minimum atomic E-state index is -0.116. The van der Waals surface area contributed by atoms with Crippen molar-refractivity contribution in [2.45, 2.75) is 32.2 Å². The Morgan fingerprint density at radius 2 is 2.00 bits per heavy atom. The van der Waals surface area contributed by atoms with Crippen LogP contribution in [0.4, 0.5) is 0 Å². The summed E-state index contributed by atoms with van der Waals surface area (Å²) in [6.45, 7) is 5.11. The third kappa shape index (κ3) is 4.01. The summed E-state index contributed by atoms with van der Waals surface area (Å²) >= 11 is 0. The summed E-state index contributed by atoms with van der Waals surface area (Å²) in [5, 5.41) is 4.12. The number of ether oxygens (including phenoxy) is 2. The second-order valence-electron chi connectivity index (χ2n) is 7.31. The van der Waals surface area contributed by atoms with Gasteiger partial charge in [0.05, 0.1) is 25.7 Å². The quantitative estimate of drug-likeness (QED) is 0.584. The van der Waals surface area contributed by atoms with E-state index in [0.29, 0.717) is 31.3 Å². The third-order valence-corrected chi connectivity index (χ3v) is 5.42. The Hall–Kier alpha value is -3.35. The molecule has 1 aromatic heterocycles. The van der Waals surface area contributed by atoms with Crippen LogP contribution in [0.15, 0.2) is 53.1 Å². The number of carbonyl (C=O) groups is 1. The highest BCUT2D eigenvalue weighted by Crippen LogP contribution is 2.34. The van der Waals surface area contributed by atoms with Gasteiger partial charge in [-0.2, -0.15) is 4.98 Å². The van der Waals surface area contributed by atoms with E-state index in [1.54, 1.807) is 7.11 Å². The zero-order chi connectivity index (χ0) is 21.1. The summed E-state index contributed by atoms with van der Waals surface area (Å²) in [6, 6.07) is 15.3. The Bertz CT molecular complexity index is 1020. The lowest BCUT2D eigenvalue weighted by Gasteiger charge is -2.25. The molecule has 0 bridgehead atoms. The first-order chi connectivity index (χ1) is 14.6. The topological polar surface area (TPSA) is 77.7 Å². The zero-order valence-electron chi connectivity index (χ0n) is 17.4. The largest absolute Gasteiger partial charge is 0.497 e. The number of hydrogen-bond donors (Lipinski definition) is 0. The molecule has 2 heterocycles. The van der Waals surface area contributed by atoms with E-state index in [-0.39, 0.29) is 17.9 Å². The van der Waals surface area contributed by atoms with Gasteiger partial charge in [0, 0.05) is 18.5 Å². The summed E-state index contributed by atoms with van der Waals surface area (Å²) in [7, 11) is 1.64. The summed E-state index contributed by atoms with van der Waals surface area (Å²) in [5.74, 6) is 2.52. The molecule has 4 rings (SSSR count). The highest BCUT2D eigenvalue weighted by atomic mass is 16.5. The average Bonchev–Trinajstić information content (AvgIpc) is 3.41. The maximum Gasteiger partial charge on any atom is 0.232 e. The van der Waals surface area contributed by atoms with E-state index < -0.39 is 0 Å². The Kier molecular flexibility index (Phi) is 5.70. The van der Waals surface area contributed by atoms with E-state index in [9.17, 15) is 4.79 Å². The van der Waals surface area contributed by atoms with E-state index in [1.165, 1.54) is 0 Å². The van der Waals surface area contributed by atoms with Crippen LogP contribution in [0, 0.1) is 0 Å². The molecule has 1 saturated heterocycles. The van der Waals surface area contributed by atoms with Crippen molar-refractivity contribution in [2.75, 3.05) is 20.3 Å². The van der Waals surface area contributed by atoms with Crippen LogP contribution in [-0.4, -0.2) is 41.2 Å². The van der Waals surface area contributed by atoms with Gasteiger partial charge in [0.25, 0.3) is 0 Å². The SMILES string of the molecule is CCOc1cccc(-c2noc(C3CC(=O)N(C(C)c4ccc(OC)cc4)C3)n2)c1. The first-order valence-electron chi connectivity index (χ1n) is 10.1. The fraction of sp³-hybridized carbons (Fsp3) is 0.348. The van der Waals surface area contributed by atoms with Crippen LogP contribution in [-0.2, 0) is 4.79 Å². The molecule has 0 N–H and O–H groups in total. The lowest BCUT2D eigenvalue weighted by Crippen LogP contribution is -2.28. The molecule has 3 aromatic rings. The molecular weight excluding hydrogens is 382 g/mol. The molecule has 2 atom stereocenters. The Morgan fingerprint density at radius 3 is 2.73 bits per heavy atom. The number of aromatic nitrogens is 2. The van der Waals surface area contributed by atoms with E-state index >= 15 is 0 Å². The van der Waals surface area contributed by atoms with Gasteiger partial charge in [-0.3, -0.25) is 4.79 Å². The van der Waals surface area contributed by atoms with Gasteiger partial charge in [-0.15, -0.1) is 0 Å². The molecule has 2 aromatic carbocycles. The fourth-order valence-corrected chi connectivity index (χ4v) is 3.74. The van der Waals surface area contributed by atoms with Crippen LogP contribution in [0.1, 0.15) is 43.7 Å². The van der Waals surface area contributed by atoms with Gasteiger partial charge in [0.2, 0.25) is 17.6 Å². The molecule has 7 heteroatoms. The minimum absolute atomic E-state index is 0.0429. The first kappa shape index (κ1) is 19.9. The van der Waals surface area contributed by atoms with Crippen molar-refractivity contribution in [1.82, 2.24) is 15.0 Å². The van der Waals surface area contributed by atoms with Gasteiger partial charge in [0.1, 0.15) is 11.5 Å². The average molecular weight is 407 g/mol. The Balaban J connectivity index is 1.48. The highest BCUT2D eigenvalue weighted by Gasteiger charge is 2.37. The molecule has 1 fully saturated rings. The number of nitrogens with zero attached hydrogens (tertiary/aromatic N) is 3. The predicted octanol–water partition coefficient (Wildman–Crippen LogP) is 4.22. The van der Waals surface area contributed by atoms with Gasteiger partial charge in [0.15, 0.2) is 0 Å². The van der Waals surface area contributed by atoms with Crippen molar-refractivity contribution < 1.29 is 18.8 Å². The Morgan fingerprint density at radius 1 is 1.20 bits per heavy atom. The minimum Gasteiger partial charge on any atom is -0.497 e. The van der Waals surface area contributed by atoms with Gasteiger partial charge >= 0.3 is 0 Å². The summed E-state index contributed by atoms with van der Waals surface area (Å²) < 4.78 is 16.3. The molecular formula is C23H25N3O4. The number of methoxy groups -OCH3 is 1. The summed E-state index contributed by atoms with van der Waals surface area (Å²) in [6.07, 6.45) is 0.362. The molecule has 0 aliphatic carbocycles. The molecule has 1 amide bonds. The number of rotatable bonds is 7. The standard InChI is InChI=1S/C23H25N3O4/c1-4-29-20-7-5-6-17(12-20)22-24-23(30-25-22)18-13-21(27)26(14-18)15(2)16-8-10-19(28-3)11-9-16/h5-12,15,18H,4,13-14H2,1-3H3. The lowest BCUT2D eigenvalue weighted by atomic mass is 10.1. The van der Waals surface area contributed by atoms with Crippen molar-refractivity contribution in [2.24, 2.45) is 0 Å². The molecule has 30 heavy (non-hydrogen) atoms. The van der Waals surface area contributed by atoms with Crippen LogP contribution >= 0.6 is 0 Å². The van der Waals surface area contributed by atoms with Gasteiger partial charge in [-0.1, -0.05) is 29.4 Å². The zero-order valence-corrected chi connectivity index (χ0v) is 17.4. The fourth-order valence-electron chi connectivity index (χ4n) is 3.74.